The maximum absolute atomic E-state index is 12.9. The lowest BCUT2D eigenvalue weighted by Gasteiger charge is -2.19. The van der Waals surface area contributed by atoms with E-state index in [0.717, 1.165) is 12.1 Å². The molecule has 0 bridgehead atoms. The molecule has 8 N–H and O–H groups in total. The molecule has 1 aromatic heterocycles. The number of ether oxygens (including phenoxy) is 4. The summed E-state index contributed by atoms with van der Waals surface area (Å²) in [5.41, 5.74) is -0.472. The van der Waals surface area contributed by atoms with E-state index in [4.69, 9.17) is 23.4 Å². The van der Waals surface area contributed by atoms with Crippen molar-refractivity contribution in [1.82, 2.24) is 0 Å². The van der Waals surface area contributed by atoms with E-state index in [-0.39, 0.29) is 22.5 Å². The summed E-state index contributed by atoms with van der Waals surface area (Å²) in [6, 6.07) is 8.24. The van der Waals surface area contributed by atoms with Crippen LogP contribution < -0.4 is 14.9 Å². The van der Waals surface area contributed by atoms with Gasteiger partial charge < -0.3 is 64.2 Å². The van der Waals surface area contributed by atoms with Gasteiger partial charge in [0.15, 0.2) is 16.9 Å². The van der Waals surface area contributed by atoms with E-state index in [2.05, 4.69) is 0 Å². The number of hydrogen-bond acceptors (Lipinski definition) is 14. The first-order valence-corrected chi connectivity index (χ1v) is 12.7. The molecule has 2 aliphatic rings. The molecule has 2 fully saturated rings. The molecule has 0 aliphatic carbocycles. The first-order chi connectivity index (χ1) is 19.4. The van der Waals surface area contributed by atoms with Crippen LogP contribution in [0.1, 0.15) is 13.8 Å². The minimum absolute atomic E-state index is 0.0635. The number of rotatable bonds is 7. The number of aliphatic hydroxyl groups excluding tert-OH is 6. The standard InChI is InChI=1S/C27H30O14/c1-9(28)24-20(33)22(35)26(40-24)37-12-5-3-11(4-6-12)14-7-13(30)17-15(38-14)8-16(18(31)19(17)32)39-27-23(36)21(34)25(41-27)10(2)29/h3-10,20-29,31-36H,1-2H3/t9-,10-,20-,21-,22-,23-,24-,25-,26-,27-/m0/s1. The third-order valence-corrected chi connectivity index (χ3v) is 7.03. The van der Waals surface area contributed by atoms with Gasteiger partial charge in [-0.05, 0) is 38.1 Å². The maximum Gasteiger partial charge on any atom is 0.229 e. The molecule has 0 saturated carbocycles. The number of phenolic OH excluding ortho intramolecular Hbond substituents is 2. The Kier molecular flexibility index (Phi) is 7.84. The largest absolute Gasteiger partial charge is 0.504 e. The van der Waals surface area contributed by atoms with Gasteiger partial charge in [-0.3, -0.25) is 4.79 Å². The number of aromatic hydroxyl groups is 2. The van der Waals surface area contributed by atoms with E-state index in [1.807, 2.05) is 0 Å². The van der Waals surface area contributed by atoms with E-state index in [1.54, 1.807) is 0 Å². The van der Waals surface area contributed by atoms with Gasteiger partial charge in [-0.1, -0.05) is 0 Å². The quantitative estimate of drug-likeness (QED) is 0.162. The second kappa shape index (κ2) is 11.1. The summed E-state index contributed by atoms with van der Waals surface area (Å²) < 4.78 is 27.6. The Morgan fingerprint density at radius 1 is 0.756 bits per heavy atom. The zero-order valence-electron chi connectivity index (χ0n) is 21.8. The molecule has 222 valence electrons. The van der Waals surface area contributed by atoms with Crippen LogP contribution in [0.3, 0.4) is 0 Å². The van der Waals surface area contributed by atoms with Gasteiger partial charge in [0.25, 0.3) is 0 Å². The van der Waals surface area contributed by atoms with Crippen molar-refractivity contribution in [3.63, 3.8) is 0 Å². The minimum Gasteiger partial charge on any atom is -0.504 e. The van der Waals surface area contributed by atoms with Crippen LogP contribution in [-0.2, 0) is 9.47 Å². The lowest BCUT2D eigenvalue weighted by molar-refractivity contribution is -0.129. The van der Waals surface area contributed by atoms with Crippen LogP contribution in [0.4, 0.5) is 0 Å². The van der Waals surface area contributed by atoms with Crippen molar-refractivity contribution < 1.29 is 64.2 Å². The van der Waals surface area contributed by atoms with Crippen molar-refractivity contribution in [2.45, 2.75) is 75.3 Å². The third-order valence-electron chi connectivity index (χ3n) is 7.03. The molecule has 41 heavy (non-hydrogen) atoms. The maximum atomic E-state index is 12.9. The monoisotopic (exact) mass is 578 g/mol. The smallest absolute Gasteiger partial charge is 0.229 e. The van der Waals surface area contributed by atoms with Crippen LogP contribution in [0.25, 0.3) is 22.3 Å². The Hall–Kier alpha value is -3.47. The highest BCUT2D eigenvalue weighted by molar-refractivity contribution is 5.89. The fraction of sp³-hybridized carbons (Fsp3) is 0.444. The predicted molar refractivity (Wildman–Crippen MR) is 137 cm³/mol. The molecule has 10 atom stereocenters. The van der Waals surface area contributed by atoms with Crippen LogP contribution in [0.5, 0.6) is 23.0 Å². The number of benzene rings is 2. The van der Waals surface area contributed by atoms with Gasteiger partial charge in [-0.15, -0.1) is 0 Å². The molecule has 14 heteroatoms. The second-order valence-corrected chi connectivity index (χ2v) is 10.1. The molecule has 3 heterocycles. The first kappa shape index (κ1) is 29.0. The number of fused-ring (bicyclic) bond motifs is 1. The van der Waals surface area contributed by atoms with Gasteiger partial charge in [-0.25, -0.2) is 0 Å². The van der Waals surface area contributed by atoms with Crippen LogP contribution in [0.15, 0.2) is 45.6 Å². The van der Waals surface area contributed by atoms with Crippen LogP contribution in [0.2, 0.25) is 0 Å². The fourth-order valence-corrected chi connectivity index (χ4v) is 4.79. The van der Waals surface area contributed by atoms with Gasteiger partial charge in [-0.2, -0.15) is 0 Å². The van der Waals surface area contributed by atoms with Crippen molar-refractivity contribution in [2.24, 2.45) is 0 Å². The number of aliphatic hydroxyl groups is 6. The molecule has 2 aromatic carbocycles. The highest BCUT2D eigenvalue weighted by Gasteiger charge is 2.47. The summed E-state index contributed by atoms with van der Waals surface area (Å²) in [5.74, 6) is -1.79. The normalized spacial score (nSPS) is 31.3. The van der Waals surface area contributed by atoms with Crippen molar-refractivity contribution in [3.8, 4) is 34.3 Å². The molecule has 0 radical (unpaired) electrons. The van der Waals surface area contributed by atoms with Gasteiger partial charge >= 0.3 is 0 Å². The molecule has 2 saturated heterocycles. The SMILES string of the molecule is C[C@H](O)[C@@H]1O[C@H](Oc2ccc(-c3cc(=O)c4c(O)c(O)c(O[C@H]5O[C@@H]([C@H](C)O)[C@@H](O)[C@@H]5O)cc4o3)cc2)[C@@H](O)[C@@H]1O. The molecule has 0 unspecified atom stereocenters. The predicted octanol–water partition coefficient (Wildman–Crippen LogP) is -0.716. The topological polar surface area (TPSA) is 229 Å². The summed E-state index contributed by atoms with van der Waals surface area (Å²) in [6.07, 6.45) is -13.0. The zero-order valence-corrected chi connectivity index (χ0v) is 21.8. The van der Waals surface area contributed by atoms with E-state index < -0.39 is 84.1 Å². The molecule has 0 amide bonds. The van der Waals surface area contributed by atoms with Crippen molar-refractivity contribution in [3.05, 3.63) is 46.6 Å². The Bertz CT molecular complexity index is 1450. The molecule has 14 nitrogen and oxygen atoms in total. The van der Waals surface area contributed by atoms with Crippen LogP contribution >= 0.6 is 0 Å². The van der Waals surface area contributed by atoms with Gasteiger partial charge in [0.1, 0.15) is 59.1 Å². The molecule has 2 aliphatic heterocycles. The number of phenols is 2. The fourth-order valence-electron chi connectivity index (χ4n) is 4.79. The zero-order chi connectivity index (χ0) is 29.7. The number of hydrogen-bond donors (Lipinski definition) is 8. The summed E-state index contributed by atoms with van der Waals surface area (Å²) >= 11 is 0. The van der Waals surface area contributed by atoms with Crippen molar-refractivity contribution in [1.29, 1.82) is 0 Å². The molecule has 3 aromatic rings. The Morgan fingerprint density at radius 3 is 1.80 bits per heavy atom. The summed E-state index contributed by atoms with van der Waals surface area (Å²) in [5, 5.41) is 80.6. The Balaban J connectivity index is 1.40. The van der Waals surface area contributed by atoms with E-state index in [0.29, 0.717) is 5.56 Å². The van der Waals surface area contributed by atoms with Crippen LogP contribution in [0, 0.1) is 0 Å². The summed E-state index contributed by atoms with van der Waals surface area (Å²) in [4.78, 5) is 12.9. The Labute approximate surface area is 231 Å². The summed E-state index contributed by atoms with van der Waals surface area (Å²) in [6.45, 7) is 2.76. The van der Waals surface area contributed by atoms with Gasteiger partial charge in [0, 0.05) is 17.7 Å². The Morgan fingerprint density at radius 2 is 1.29 bits per heavy atom. The molecule has 5 rings (SSSR count). The summed E-state index contributed by atoms with van der Waals surface area (Å²) in [7, 11) is 0. The van der Waals surface area contributed by atoms with Crippen molar-refractivity contribution >= 4 is 11.0 Å². The average Bonchev–Trinajstić information content (AvgIpc) is 3.37. The molecule has 0 spiro atoms. The van der Waals surface area contributed by atoms with E-state index >= 15 is 0 Å². The average molecular weight is 579 g/mol. The van der Waals surface area contributed by atoms with Crippen molar-refractivity contribution in [2.75, 3.05) is 0 Å². The highest BCUT2D eigenvalue weighted by atomic mass is 16.7. The first-order valence-electron chi connectivity index (χ1n) is 12.7. The van der Waals surface area contributed by atoms with Gasteiger partial charge in [0.05, 0.1) is 12.2 Å². The van der Waals surface area contributed by atoms with E-state index in [1.165, 1.54) is 38.1 Å². The lowest BCUT2D eigenvalue weighted by Crippen LogP contribution is -2.38. The highest BCUT2D eigenvalue weighted by Crippen LogP contribution is 2.43. The lowest BCUT2D eigenvalue weighted by atomic mass is 10.1. The molecular weight excluding hydrogens is 548 g/mol. The third kappa shape index (κ3) is 5.31. The van der Waals surface area contributed by atoms with E-state index in [9.17, 15) is 45.6 Å². The second-order valence-electron chi connectivity index (χ2n) is 10.1. The molecular formula is C27H30O14. The minimum atomic E-state index is -1.59. The van der Waals surface area contributed by atoms with Gasteiger partial charge in [0.2, 0.25) is 18.3 Å². The van der Waals surface area contributed by atoms with Crippen LogP contribution in [-0.4, -0.2) is 102 Å².